The van der Waals surface area contributed by atoms with Gasteiger partial charge in [0.1, 0.15) is 0 Å². The van der Waals surface area contributed by atoms with Crippen LogP contribution in [0.4, 0.5) is 0 Å². The predicted molar refractivity (Wildman–Crippen MR) is 130 cm³/mol. The van der Waals surface area contributed by atoms with E-state index in [1.807, 2.05) is 54.6 Å². The number of halogens is 1. The average molecular weight is 486 g/mol. The SMILES string of the molecule is CCOC(=O)C(CP(Br)(c1ccccc1)(c1ccccc1)c1ccccc1)=NOC. The van der Waals surface area contributed by atoms with E-state index in [1.165, 1.54) is 7.11 Å². The standard InChI is InChI=1S/C24H25BrNO3P/c1-3-29-24(27)23(26-28-2)19-30(25,20-13-7-4-8-14-20,21-15-9-5-10-16-21)22-17-11-6-12-18-22/h4-18H,3,19H2,1-2H3. The van der Waals surface area contributed by atoms with Crippen LogP contribution in [-0.2, 0) is 14.4 Å². The first-order valence-corrected chi connectivity index (χ1v) is 14.2. The molecule has 0 amide bonds. The second kappa shape index (κ2) is 9.55. The van der Waals surface area contributed by atoms with Gasteiger partial charge in [-0.2, -0.15) is 0 Å². The first-order chi connectivity index (χ1) is 14.5. The molecule has 3 rings (SSSR count). The third kappa shape index (κ3) is 4.05. The second-order valence-electron chi connectivity index (χ2n) is 6.79. The maximum atomic E-state index is 12.8. The topological polar surface area (TPSA) is 47.9 Å². The molecule has 0 spiro atoms. The van der Waals surface area contributed by atoms with Crippen LogP contribution >= 0.6 is 20.8 Å². The summed E-state index contributed by atoms with van der Waals surface area (Å²) < 4.78 is 5.31. The molecule has 0 aliphatic rings. The van der Waals surface area contributed by atoms with Crippen molar-refractivity contribution in [3.8, 4) is 0 Å². The van der Waals surface area contributed by atoms with Gasteiger partial charge < -0.3 is 0 Å². The van der Waals surface area contributed by atoms with Crippen molar-refractivity contribution >= 4 is 48.4 Å². The summed E-state index contributed by atoms with van der Waals surface area (Å²) in [6.45, 7) is 2.05. The van der Waals surface area contributed by atoms with Gasteiger partial charge in [0.2, 0.25) is 0 Å². The van der Waals surface area contributed by atoms with Crippen LogP contribution in [0.5, 0.6) is 0 Å². The van der Waals surface area contributed by atoms with Crippen LogP contribution in [0.3, 0.4) is 0 Å². The number of oxime groups is 1. The molecule has 0 aliphatic heterocycles. The number of esters is 1. The Bertz CT molecular complexity index is 911. The first kappa shape index (κ1) is 22.2. The van der Waals surface area contributed by atoms with E-state index in [2.05, 4.69) is 57.0 Å². The molecule has 4 nitrogen and oxygen atoms in total. The molecule has 6 heteroatoms. The summed E-state index contributed by atoms with van der Waals surface area (Å²) in [4.78, 5) is 17.9. The van der Waals surface area contributed by atoms with Crippen molar-refractivity contribution < 1.29 is 14.4 Å². The number of hydrogen-bond donors (Lipinski definition) is 0. The molecule has 0 radical (unpaired) electrons. The van der Waals surface area contributed by atoms with Crippen molar-refractivity contribution in [2.75, 3.05) is 19.9 Å². The fourth-order valence-corrected chi connectivity index (χ4v) is 11.1. The van der Waals surface area contributed by atoms with Gasteiger partial charge in [-0.1, -0.05) is 0 Å². The van der Waals surface area contributed by atoms with Crippen LogP contribution in [0, 0.1) is 0 Å². The Morgan fingerprint density at radius 1 is 0.833 bits per heavy atom. The molecule has 0 unspecified atom stereocenters. The number of ether oxygens (including phenoxy) is 1. The molecule has 0 aliphatic carbocycles. The summed E-state index contributed by atoms with van der Waals surface area (Å²) in [5.41, 5.74) is 0.241. The van der Waals surface area contributed by atoms with Crippen LogP contribution in [0.1, 0.15) is 6.92 Å². The molecule has 0 fully saturated rings. The van der Waals surface area contributed by atoms with Gasteiger partial charge in [0.15, 0.2) is 0 Å². The average Bonchev–Trinajstić information content (AvgIpc) is 2.81. The molecule has 0 bridgehead atoms. The molecule has 3 aromatic carbocycles. The first-order valence-electron chi connectivity index (χ1n) is 9.71. The van der Waals surface area contributed by atoms with Crippen molar-refractivity contribution in [2.24, 2.45) is 5.16 Å². The van der Waals surface area contributed by atoms with E-state index in [1.54, 1.807) is 6.92 Å². The number of rotatable bonds is 8. The number of nitrogens with zero attached hydrogens (tertiary/aromatic N) is 1. The van der Waals surface area contributed by atoms with Gasteiger partial charge in [-0.15, -0.1) is 0 Å². The third-order valence-electron chi connectivity index (χ3n) is 5.04. The molecule has 0 aromatic heterocycles. The van der Waals surface area contributed by atoms with Crippen LogP contribution in [0.15, 0.2) is 96.2 Å². The number of benzene rings is 3. The van der Waals surface area contributed by atoms with Crippen molar-refractivity contribution in [3.05, 3.63) is 91.0 Å². The Morgan fingerprint density at radius 2 is 1.23 bits per heavy atom. The summed E-state index contributed by atoms with van der Waals surface area (Å²) in [6.07, 6.45) is 0.316. The molecule has 0 atom stereocenters. The summed E-state index contributed by atoms with van der Waals surface area (Å²) in [7, 11) is 1.44. The zero-order valence-electron chi connectivity index (χ0n) is 17.1. The Kier molecular flexibility index (Phi) is 7.06. The maximum absolute atomic E-state index is 12.8. The molecular weight excluding hydrogens is 461 g/mol. The zero-order valence-corrected chi connectivity index (χ0v) is 19.6. The van der Waals surface area contributed by atoms with E-state index in [-0.39, 0.29) is 12.3 Å². The van der Waals surface area contributed by atoms with Gasteiger partial charge in [-0.05, 0) is 0 Å². The van der Waals surface area contributed by atoms with Crippen molar-refractivity contribution in [1.82, 2.24) is 0 Å². The fourth-order valence-electron chi connectivity index (χ4n) is 3.67. The van der Waals surface area contributed by atoms with Gasteiger partial charge in [0, 0.05) is 0 Å². The van der Waals surface area contributed by atoms with Crippen LogP contribution in [-0.4, -0.2) is 31.6 Å². The van der Waals surface area contributed by atoms with Gasteiger partial charge >= 0.3 is 186 Å². The number of carbonyl (C=O) groups is 1. The Labute approximate surface area is 185 Å². The second-order valence-corrected chi connectivity index (χ2v) is 15.7. The molecule has 0 heterocycles. The monoisotopic (exact) mass is 485 g/mol. The fraction of sp³-hybridized carbons (Fsp3) is 0.167. The van der Waals surface area contributed by atoms with E-state index in [0.29, 0.717) is 6.16 Å². The van der Waals surface area contributed by atoms with Crippen molar-refractivity contribution in [3.63, 3.8) is 0 Å². The molecular formula is C24H25BrNO3P. The normalized spacial score (nSPS) is 13.2. The van der Waals surface area contributed by atoms with Crippen LogP contribution in [0.25, 0.3) is 0 Å². The molecule has 0 saturated carbocycles. The van der Waals surface area contributed by atoms with E-state index >= 15 is 0 Å². The van der Waals surface area contributed by atoms with Gasteiger partial charge in [0.25, 0.3) is 0 Å². The van der Waals surface area contributed by atoms with E-state index < -0.39 is 11.3 Å². The molecule has 0 saturated heterocycles. The van der Waals surface area contributed by atoms with Crippen LogP contribution in [0.2, 0.25) is 0 Å². The van der Waals surface area contributed by atoms with Gasteiger partial charge in [0.05, 0.1) is 0 Å². The summed E-state index contributed by atoms with van der Waals surface area (Å²) in [6, 6.07) is 30.7. The Balaban J connectivity index is 2.38. The van der Waals surface area contributed by atoms with Gasteiger partial charge in [-0.3, -0.25) is 0 Å². The number of hydrogen-bond acceptors (Lipinski definition) is 4. The molecule has 3 aromatic rings. The quantitative estimate of drug-likeness (QED) is 0.205. The Hall–Kier alpha value is -2.49. The van der Waals surface area contributed by atoms with Crippen LogP contribution < -0.4 is 15.9 Å². The van der Waals surface area contributed by atoms with Crippen molar-refractivity contribution in [1.29, 1.82) is 0 Å². The summed E-state index contributed by atoms with van der Waals surface area (Å²) in [5.74, 6) is -0.476. The predicted octanol–water partition coefficient (Wildman–Crippen LogP) is 4.39. The summed E-state index contributed by atoms with van der Waals surface area (Å²) >= 11 is 4.29. The zero-order chi connectivity index (χ0) is 21.5. The van der Waals surface area contributed by atoms with E-state index in [0.717, 1.165) is 15.9 Å². The molecule has 156 valence electrons. The van der Waals surface area contributed by atoms with E-state index in [9.17, 15) is 4.79 Å². The minimum atomic E-state index is -3.33. The minimum absolute atomic E-state index is 0.241. The summed E-state index contributed by atoms with van der Waals surface area (Å²) in [5, 5.41) is 4.04. The third-order valence-corrected chi connectivity index (χ3v) is 14.5. The van der Waals surface area contributed by atoms with Gasteiger partial charge in [-0.25, -0.2) is 0 Å². The Morgan fingerprint density at radius 3 is 1.57 bits per heavy atom. The van der Waals surface area contributed by atoms with E-state index in [4.69, 9.17) is 9.57 Å². The number of carbonyl (C=O) groups excluding carboxylic acids is 1. The van der Waals surface area contributed by atoms with Crippen molar-refractivity contribution in [2.45, 2.75) is 6.92 Å². The molecule has 0 N–H and O–H groups in total. The molecule has 30 heavy (non-hydrogen) atoms.